The summed E-state index contributed by atoms with van der Waals surface area (Å²) in [6, 6.07) is 6.20. The number of guanidine groups is 1. The van der Waals surface area contributed by atoms with Gasteiger partial charge in [0.15, 0.2) is 17.4 Å². The minimum atomic E-state index is 0.295. The van der Waals surface area contributed by atoms with E-state index in [0.29, 0.717) is 6.04 Å². The molecule has 1 atom stereocenters. The standard InChI is InChI=1S/C18H25N9/c1-3-14-22-15-8-7-13(12-27(15)25-14)21-18(19-2)20-10-9-17-24-23-16-6-4-5-11-26(16)17/h4-6,11,13H,3,7-10,12H2,1-2H3,(H2,19,20,21). The molecule has 0 aromatic carbocycles. The zero-order valence-electron chi connectivity index (χ0n) is 15.8. The smallest absolute Gasteiger partial charge is 0.191 e. The molecule has 142 valence electrons. The number of aromatic nitrogens is 6. The Morgan fingerprint density at radius 2 is 2.26 bits per heavy atom. The van der Waals surface area contributed by atoms with Crippen molar-refractivity contribution in [3.05, 3.63) is 41.9 Å². The van der Waals surface area contributed by atoms with Gasteiger partial charge in [-0.25, -0.2) is 9.67 Å². The molecule has 3 aromatic heterocycles. The molecule has 4 rings (SSSR count). The van der Waals surface area contributed by atoms with E-state index in [1.54, 1.807) is 7.05 Å². The van der Waals surface area contributed by atoms with E-state index >= 15 is 0 Å². The molecule has 0 amide bonds. The van der Waals surface area contributed by atoms with E-state index in [4.69, 9.17) is 0 Å². The lowest BCUT2D eigenvalue weighted by molar-refractivity contribution is 0.392. The molecule has 3 aromatic rings. The van der Waals surface area contributed by atoms with Crippen LogP contribution in [0.1, 0.15) is 30.8 Å². The van der Waals surface area contributed by atoms with E-state index < -0.39 is 0 Å². The maximum Gasteiger partial charge on any atom is 0.191 e. The Labute approximate surface area is 157 Å². The molecule has 0 bridgehead atoms. The van der Waals surface area contributed by atoms with Crippen molar-refractivity contribution in [1.82, 2.24) is 40.0 Å². The summed E-state index contributed by atoms with van der Waals surface area (Å²) < 4.78 is 4.03. The first-order valence-corrected chi connectivity index (χ1v) is 9.45. The van der Waals surface area contributed by atoms with Crippen molar-refractivity contribution in [1.29, 1.82) is 0 Å². The SMILES string of the molecule is CCc1nc2n(n1)CC(NC(=NC)NCCc1nnc3ccccn13)CC2. The lowest BCUT2D eigenvalue weighted by atomic mass is 10.1. The highest BCUT2D eigenvalue weighted by Crippen LogP contribution is 2.13. The van der Waals surface area contributed by atoms with Crippen LogP contribution >= 0.6 is 0 Å². The predicted octanol–water partition coefficient (Wildman–Crippen LogP) is 0.606. The lowest BCUT2D eigenvalue weighted by Gasteiger charge is -2.25. The molecule has 1 unspecified atom stereocenters. The molecule has 0 spiro atoms. The first-order chi connectivity index (χ1) is 13.3. The number of hydrogen-bond donors (Lipinski definition) is 2. The summed E-state index contributed by atoms with van der Waals surface area (Å²) >= 11 is 0. The van der Waals surface area contributed by atoms with Crippen LogP contribution in [-0.2, 0) is 25.8 Å². The molecule has 0 aliphatic carbocycles. The zero-order chi connectivity index (χ0) is 18.6. The van der Waals surface area contributed by atoms with Gasteiger partial charge in [0, 0.05) is 45.1 Å². The van der Waals surface area contributed by atoms with Crippen LogP contribution in [0.15, 0.2) is 29.4 Å². The van der Waals surface area contributed by atoms with Crippen molar-refractivity contribution in [2.24, 2.45) is 4.99 Å². The Morgan fingerprint density at radius 1 is 1.33 bits per heavy atom. The molecule has 4 heterocycles. The third-order valence-electron chi connectivity index (χ3n) is 4.81. The van der Waals surface area contributed by atoms with Gasteiger partial charge < -0.3 is 10.6 Å². The number of nitrogens with zero attached hydrogens (tertiary/aromatic N) is 7. The molecule has 1 aliphatic rings. The lowest BCUT2D eigenvalue weighted by Crippen LogP contribution is -2.47. The van der Waals surface area contributed by atoms with Crippen molar-refractivity contribution in [2.75, 3.05) is 13.6 Å². The van der Waals surface area contributed by atoms with Gasteiger partial charge in [0.1, 0.15) is 11.6 Å². The number of aliphatic imine (C=N–C) groups is 1. The van der Waals surface area contributed by atoms with Crippen LogP contribution in [0.5, 0.6) is 0 Å². The van der Waals surface area contributed by atoms with Crippen LogP contribution in [0.2, 0.25) is 0 Å². The summed E-state index contributed by atoms with van der Waals surface area (Å²) in [5.41, 5.74) is 0.868. The zero-order valence-corrected chi connectivity index (χ0v) is 15.8. The molecule has 9 heteroatoms. The Bertz CT molecular complexity index is 939. The molecular formula is C18H25N9. The fourth-order valence-corrected chi connectivity index (χ4v) is 3.37. The fourth-order valence-electron chi connectivity index (χ4n) is 3.37. The molecular weight excluding hydrogens is 342 g/mol. The maximum atomic E-state index is 4.57. The summed E-state index contributed by atoms with van der Waals surface area (Å²) in [6.45, 7) is 3.63. The van der Waals surface area contributed by atoms with Crippen LogP contribution in [0.3, 0.4) is 0 Å². The molecule has 0 saturated heterocycles. The normalized spacial score (nSPS) is 17.1. The van der Waals surface area contributed by atoms with E-state index in [0.717, 1.165) is 67.9 Å². The van der Waals surface area contributed by atoms with E-state index in [9.17, 15) is 0 Å². The highest BCUT2D eigenvalue weighted by molar-refractivity contribution is 5.79. The van der Waals surface area contributed by atoms with Crippen LogP contribution in [0.4, 0.5) is 0 Å². The summed E-state index contributed by atoms with van der Waals surface area (Å²) in [4.78, 5) is 8.92. The minimum absolute atomic E-state index is 0.295. The summed E-state index contributed by atoms with van der Waals surface area (Å²) in [5, 5.41) is 19.9. The van der Waals surface area contributed by atoms with E-state index in [2.05, 4.69) is 42.8 Å². The quantitative estimate of drug-likeness (QED) is 0.506. The summed E-state index contributed by atoms with van der Waals surface area (Å²) in [6.07, 6.45) is 5.59. The van der Waals surface area contributed by atoms with Gasteiger partial charge in [-0.1, -0.05) is 13.0 Å². The second-order valence-electron chi connectivity index (χ2n) is 6.65. The first kappa shape index (κ1) is 17.4. The Morgan fingerprint density at radius 3 is 3.11 bits per heavy atom. The van der Waals surface area contributed by atoms with Crippen molar-refractivity contribution >= 4 is 11.6 Å². The number of fused-ring (bicyclic) bond motifs is 2. The van der Waals surface area contributed by atoms with Gasteiger partial charge in [-0.3, -0.25) is 9.39 Å². The van der Waals surface area contributed by atoms with Gasteiger partial charge in [0.2, 0.25) is 0 Å². The van der Waals surface area contributed by atoms with Gasteiger partial charge in [-0.2, -0.15) is 5.10 Å². The van der Waals surface area contributed by atoms with Crippen molar-refractivity contribution in [2.45, 2.75) is 45.2 Å². The molecule has 27 heavy (non-hydrogen) atoms. The molecule has 9 nitrogen and oxygen atoms in total. The van der Waals surface area contributed by atoms with Gasteiger partial charge >= 0.3 is 0 Å². The number of hydrogen-bond acceptors (Lipinski definition) is 5. The van der Waals surface area contributed by atoms with Gasteiger partial charge in [-0.15, -0.1) is 10.2 Å². The summed E-state index contributed by atoms with van der Waals surface area (Å²) in [5.74, 6) is 3.75. The second kappa shape index (κ2) is 7.73. The number of rotatable bonds is 5. The van der Waals surface area contributed by atoms with Crippen LogP contribution in [0.25, 0.3) is 5.65 Å². The Kier molecular flexibility index (Phi) is 4.99. The topological polar surface area (TPSA) is 97.3 Å². The Balaban J connectivity index is 1.31. The fraction of sp³-hybridized carbons (Fsp3) is 0.500. The maximum absolute atomic E-state index is 4.57. The molecule has 0 radical (unpaired) electrons. The van der Waals surface area contributed by atoms with Crippen LogP contribution in [0, 0.1) is 0 Å². The third kappa shape index (κ3) is 3.76. The monoisotopic (exact) mass is 367 g/mol. The second-order valence-corrected chi connectivity index (χ2v) is 6.65. The van der Waals surface area contributed by atoms with Gasteiger partial charge in [0.05, 0.1) is 6.54 Å². The first-order valence-electron chi connectivity index (χ1n) is 9.45. The third-order valence-corrected chi connectivity index (χ3v) is 4.81. The molecule has 0 saturated carbocycles. The van der Waals surface area contributed by atoms with Gasteiger partial charge in [0.25, 0.3) is 0 Å². The van der Waals surface area contributed by atoms with Crippen molar-refractivity contribution in [3.8, 4) is 0 Å². The molecule has 2 N–H and O–H groups in total. The summed E-state index contributed by atoms with van der Waals surface area (Å²) in [7, 11) is 1.79. The average molecular weight is 367 g/mol. The predicted molar refractivity (Wildman–Crippen MR) is 103 cm³/mol. The highest BCUT2D eigenvalue weighted by atomic mass is 15.4. The van der Waals surface area contributed by atoms with Gasteiger partial charge in [-0.05, 0) is 18.6 Å². The molecule has 0 fully saturated rings. The average Bonchev–Trinajstić information content (AvgIpc) is 3.30. The Hall–Kier alpha value is -2.97. The largest absolute Gasteiger partial charge is 0.356 e. The van der Waals surface area contributed by atoms with Crippen molar-refractivity contribution in [3.63, 3.8) is 0 Å². The van der Waals surface area contributed by atoms with E-state index in [-0.39, 0.29) is 0 Å². The van der Waals surface area contributed by atoms with Crippen LogP contribution < -0.4 is 10.6 Å². The number of pyridine rings is 1. The highest BCUT2D eigenvalue weighted by Gasteiger charge is 2.22. The van der Waals surface area contributed by atoms with Crippen LogP contribution in [-0.4, -0.2) is 55.0 Å². The minimum Gasteiger partial charge on any atom is -0.356 e. The van der Waals surface area contributed by atoms with Crippen molar-refractivity contribution < 1.29 is 0 Å². The van der Waals surface area contributed by atoms with E-state index in [1.807, 2.05) is 33.5 Å². The number of nitrogens with one attached hydrogen (secondary N) is 2. The van der Waals surface area contributed by atoms with E-state index in [1.165, 1.54) is 0 Å². The molecule has 1 aliphatic heterocycles. The number of aryl methyl sites for hydroxylation is 2.